The van der Waals surface area contributed by atoms with Crippen LogP contribution in [0.15, 0.2) is 47.6 Å². The lowest BCUT2D eigenvalue weighted by Crippen LogP contribution is -2.47. The normalized spacial score (nSPS) is 22.4. The highest BCUT2D eigenvalue weighted by Gasteiger charge is 2.41. The van der Waals surface area contributed by atoms with Gasteiger partial charge in [-0.3, -0.25) is 0 Å². The standard InChI is InChI=1S/C24H32N4O3/c1-3-14-29-18-7-9-19(10-8-18)31-23-17(6-5-13-26-23)16-27-24(25-4-2)28-21-15-20-11-12-22(21)30-20/h5-10,13,20-22H,3-4,11-12,14-16H2,1-2H3,(H2,25,27,28). The summed E-state index contributed by atoms with van der Waals surface area (Å²) in [5.41, 5.74) is 0.926. The second-order valence-electron chi connectivity index (χ2n) is 7.95. The van der Waals surface area contributed by atoms with Crippen molar-refractivity contribution in [1.82, 2.24) is 15.6 Å². The predicted molar refractivity (Wildman–Crippen MR) is 121 cm³/mol. The lowest BCUT2D eigenvalue weighted by atomic mass is 9.96. The van der Waals surface area contributed by atoms with Crippen molar-refractivity contribution in [2.45, 2.75) is 64.3 Å². The zero-order chi connectivity index (χ0) is 21.5. The number of guanidine groups is 1. The van der Waals surface area contributed by atoms with Gasteiger partial charge in [-0.25, -0.2) is 9.98 Å². The molecule has 0 aliphatic carbocycles. The van der Waals surface area contributed by atoms with Gasteiger partial charge in [0.2, 0.25) is 5.88 Å². The molecule has 0 amide bonds. The molecule has 1 aromatic heterocycles. The van der Waals surface area contributed by atoms with E-state index in [9.17, 15) is 0 Å². The van der Waals surface area contributed by atoms with E-state index >= 15 is 0 Å². The molecule has 1 aromatic carbocycles. The maximum atomic E-state index is 6.04. The largest absolute Gasteiger partial charge is 0.494 e. The van der Waals surface area contributed by atoms with E-state index in [0.717, 1.165) is 48.8 Å². The highest BCUT2D eigenvalue weighted by atomic mass is 16.5. The van der Waals surface area contributed by atoms with E-state index < -0.39 is 0 Å². The van der Waals surface area contributed by atoms with Crippen LogP contribution in [-0.2, 0) is 11.3 Å². The van der Waals surface area contributed by atoms with Gasteiger partial charge in [-0.2, -0.15) is 0 Å². The lowest BCUT2D eigenvalue weighted by Gasteiger charge is -2.22. The molecule has 0 spiro atoms. The number of hydrogen-bond acceptors (Lipinski definition) is 5. The van der Waals surface area contributed by atoms with Gasteiger partial charge in [0.1, 0.15) is 11.5 Å². The SMILES string of the molecule is CCCOc1ccc(Oc2ncccc2CN=C(NCC)NC2CC3CCC2O3)cc1. The Bertz CT molecular complexity index is 871. The first-order valence-electron chi connectivity index (χ1n) is 11.3. The van der Waals surface area contributed by atoms with Gasteiger partial charge in [0, 0.05) is 18.3 Å². The predicted octanol–water partition coefficient (Wildman–Crippen LogP) is 4.04. The summed E-state index contributed by atoms with van der Waals surface area (Å²) in [4.78, 5) is 9.20. The number of ether oxygens (including phenoxy) is 3. The maximum absolute atomic E-state index is 6.04. The summed E-state index contributed by atoms with van der Waals surface area (Å²) in [6.07, 6.45) is 6.78. The summed E-state index contributed by atoms with van der Waals surface area (Å²) in [5.74, 6) is 2.92. The van der Waals surface area contributed by atoms with Crippen LogP contribution in [-0.4, -0.2) is 42.3 Å². The molecule has 2 N–H and O–H groups in total. The second-order valence-corrected chi connectivity index (χ2v) is 7.95. The third-order valence-corrected chi connectivity index (χ3v) is 5.54. The molecule has 4 rings (SSSR count). The first-order chi connectivity index (χ1) is 15.2. The van der Waals surface area contributed by atoms with Gasteiger partial charge in [-0.1, -0.05) is 13.0 Å². The van der Waals surface area contributed by atoms with Crippen molar-refractivity contribution in [2.75, 3.05) is 13.2 Å². The van der Waals surface area contributed by atoms with Crippen LogP contribution < -0.4 is 20.1 Å². The Balaban J connectivity index is 1.40. The monoisotopic (exact) mass is 424 g/mol. The van der Waals surface area contributed by atoms with Crippen molar-refractivity contribution < 1.29 is 14.2 Å². The topological polar surface area (TPSA) is 77.0 Å². The van der Waals surface area contributed by atoms with Gasteiger partial charge in [0.05, 0.1) is 31.4 Å². The van der Waals surface area contributed by atoms with Crippen LogP contribution in [0.25, 0.3) is 0 Å². The summed E-state index contributed by atoms with van der Waals surface area (Å²) < 4.78 is 17.6. The second kappa shape index (κ2) is 10.5. The molecule has 2 bridgehead atoms. The molecule has 7 heteroatoms. The summed E-state index contributed by atoms with van der Waals surface area (Å²) in [6, 6.07) is 11.8. The van der Waals surface area contributed by atoms with E-state index in [1.165, 1.54) is 6.42 Å². The van der Waals surface area contributed by atoms with Crippen LogP contribution in [0.2, 0.25) is 0 Å². The van der Waals surface area contributed by atoms with Crippen molar-refractivity contribution in [2.24, 2.45) is 4.99 Å². The fourth-order valence-corrected chi connectivity index (χ4v) is 4.02. The van der Waals surface area contributed by atoms with Crippen LogP contribution >= 0.6 is 0 Å². The van der Waals surface area contributed by atoms with Gasteiger partial charge in [-0.15, -0.1) is 0 Å². The summed E-state index contributed by atoms with van der Waals surface area (Å²) in [5, 5.41) is 6.89. The molecule has 0 saturated carbocycles. The number of benzene rings is 1. The van der Waals surface area contributed by atoms with Gasteiger partial charge >= 0.3 is 0 Å². The highest BCUT2D eigenvalue weighted by Crippen LogP contribution is 2.34. The Morgan fingerprint density at radius 2 is 2.00 bits per heavy atom. The van der Waals surface area contributed by atoms with E-state index in [2.05, 4.69) is 29.5 Å². The van der Waals surface area contributed by atoms with Crippen LogP contribution in [0.1, 0.15) is 45.1 Å². The summed E-state index contributed by atoms with van der Waals surface area (Å²) in [6.45, 7) is 6.14. The summed E-state index contributed by atoms with van der Waals surface area (Å²) >= 11 is 0. The number of pyridine rings is 1. The zero-order valence-electron chi connectivity index (χ0n) is 18.3. The number of nitrogens with one attached hydrogen (secondary N) is 2. The van der Waals surface area contributed by atoms with Crippen molar-refractivity contribution in [3.8, 4) is 17.4 Å². The maximum Gasteiger partial charge on any atom is 0.224 e. The fourth-order valence-electron chi connectivity index (χ4n) is 4.02. The molecule has 3 atom stereocenters. The van der Waals surface area contributed by atoms with Gasteiger partial charge in [-0.05, 0) is 62.9 Å². The highest BCUT2D eigenvalue weighted by molar-refractivity contribution is 5.80. The Hall–Kier alpha value is -2.80. The molecule has 3 heterocycles. The minimum Gasteiger partial charge on any atom is -0.494 e. The van der Waals surface area contributed by atoms with E-state index in [1.54, 1.807) is 6.20 Å². The molecule has 2 saturated heterocycles. The van der Waals surface area contributed by atoms with Crippen molar-refractivity contribution in [3.63, 3.8) is 0 Å². The number of hydrogen-bond donors (Lipinski definition) is 2. The number of rotatable bonds is 9. The first kappa shape index (κ1) is 21.4. The molecule has 0 radical (unpaired) electrons. The van der Waals surface area contributed by atoms with Crippen molar-refractivity contribution in [3.05, 3.63) is 48.2 Å². The molecular weight excluding hydrogens is 392 g/mol. The van der Waals surface area contributed by atoms with Crippen molar-refractivity contribution in [1.29, 1.82) is 0 Å². The first-order valence-corrected chi connectivity index (χ1v) is 11.3. The number of aliphatic imine (C=N–C) groups is 1. The van der Waals surface area contributed by atoms with E-state index in [4.69, 9.17) is 19.2 Å². The third-order valence-electron chi connectivity index (χ3n) is 5.54. The molecule has 2 aliphatic heterocycles. The van der Waals surface area contributed by atoms with E-state index in [0.29, 0.717) is 37.3 Å². The number of nitrogens with zero attached hydrogens (tertiary/aromatic N) is 2. The molecule has 2 aromatic rings. The average molecular weight is 425 g/mol. The Morgan fingerprint density at radius 1 is 1.16 bits per heavy atom. The van der Waals surface area contributed by atoms with Gasteiger partial charge in [0.25, 0.3) is 0 Å². The Kier molecular flexibility index (Phi) is 7.25. The lowest BCUT2D eigenvalue weighted by molar-refractivity contribution is 0.0992. The minimum atomic E-state index is 0.301. The average Bonchev–Trinajstić information content (AvgIpc) is 3.41. The Labute approximate surface area is 184 Å². The third kappa shape index (κ3) is 5.67. The number of aromatic nitrogens is 1. The minimum absolute atomic E-state index is 0.301. The molecule has 2 aliphatic rings. The van der Waals surface area contributed by atoms with E-state index in [-0.39, 0.29) is 0 Å². The van der Waals surface area contributed by atoms with Crippen LogP contribution in [0.4, 0.5) is 0 Å². The smallest absolute Gasteiger partial charge is 0.224 e. The fraction of sp³-hybridized carbons (Fsp3) is 0.500. The van der Waals surface area contributed by atoms with Crippen LogP contribution in [0.5, 0.6) is 17.4 Å². The van der Waals surface area contributed by atoms with Crippen LogP contribution in [0.3, 0.4) is 0 Å². The molecule has 2 fully saturated rings. The van der Waals surface area contributed by atoms with Gasteiger partial charge < -0.3 is 24.8 Å². The van der Waals surface area contributed by atoms with Crippen LogP contribution in [0, 0.1) is 0 Å². The zero-order valence-corrected chi connectivity index (χ0v) is 18.3. The molecule has 166 valence electrons. The summed E-state index contributed by atoms with van der Waals surface area (Å²) in [7, 11) is 0. The quantitative estimate of drug-likeness (QED) is 0.467. The van der Waals surface area contributed by atoms with Crippen molar-refractivity contribution >= 4 is 5.96 Å². The molecular formula is C24H32N4O3. The molecule has 31 heavy (non-hydrogen) atoms. The van der Waals surface area contributed by atoms with E-state index in [1.807, 2.05) is 36.4 Å². The van der Waals surface area contributed by atoms with Gasteiger partial charge in [0.15, 0.2) is 5.96 Å². The molecule has 7 nitrogen and oxygen atoms in total. The Morgan fingerprint density at radius 3 is 2.71 bits per heavy atom. The number of fused-ring (bicyclic) bond motifs is 2. The molecule has 3 unspecified atom stereocenters.